The zero-order valence-corrected chi connectivity index (χ0v) is 5.90. The van der Waals surface area contributed by atoms with E-state index in [0.29, 0.717) is 11.5 Å². The lowest BCUT2D eigenvalue weighted by Crippen LogP contribution is -2.52. The normalized spacial score (nSPS) is 22.8. The van der Waals surface area contributed by atoms with Crippen LogP contribution >= 0.6 is 11.8 Å². The van der Waals surface area contributed by atoms with Gasteiger partial charge in [0.1, 0.15) is 0 Å². The Morgan fingerprint density at radius 1 is 1.78 bits per heavy atom. The number of carboxylic acids is 1. The fourth-order valence-corrected chi connectivity index (χ4v) is 1.67. The average Bonchev–Trinajstić information content (AvgIpc) is 1.62. The Hall–Kier alpha value is -0.220. The van der Waals surface area contributed by atoms with Gasteiger partial charge in [0.05, 0.1) is 0 Å². The SMILES string of the molecule is COC1(C(=O)O)CSC1. The van der Waals surface area contributed by atoms with E-state index < -0.39 is 11.6 Å². The van der Waals surface area contributed by atoms with E-state index in [2.05, 4.69) is 0 Å². The maximum absolute atomic E-state index is 10.4. The molecule has 1 aliphatic rings. The molecular formula is C5H8O3S. The Labute approximate surface area is 57.4 Å². The Morgan fingerprint density at radius 3 is 2.33 bits per heavy atom. The number of carboxylic acid groups (broad SMARTS) is 1. The van der Waals surface area contributed by atoms with Crippen LogP contribution in [0, 0.1) is 0 Å². The second-order valence-corrected chi connectivity index (χ2v) is 2.98. The van der Waals surface area contributed by atoms with Gasteiger partial charge in [-0.15, -0.1) is 0 Å². The number of ether oxygens (including phenoxy) is 1. The first-order valence-corrected chi connectivity index (χ1v) is 3.73. The van der Waals surface area contributed by atoms with Crippen LogP contribution in [-0.4, -0.2) is 35.3 Å². The van der Waals surface area contributed by atoms with Gasteiger partial charge in [0.25, 0.3) is 0 Å². The fraction of sp³-hybridized carbons (Fsp3) is 0.800. The van der Waals surface area contributed by atoms with Crippen LogP contribution in [0.25, 0.3) is 0 Å². The van der Waals surface area contributed by atoms with Gasteiger partial charge in [-0.25, -0.2) is 4.79 Å². The van der Waals surface area contributed by atoms with Crippen molar-refractivity contribution in [3.8, 4) is 0 Å². The maximum atomic E-state index is 10.4. The third-order valence-corrected chi connectivity index (χ3v) is 2.79. The molecule has 1 aliphatic heterocycles. The largest absolute Gasteiger partial charge is 0.479 e. The molecule has 1 N–H and O–H groups in total. The van der Waals surface area contributed by atoms with E-state index in [0.717, 1.165) is 0 Å². The molecule has 3 nitrogen and oxygen atoms in total. The molecule has 1 heterocycles. The van der Waals surface area contributed by atoms with E-state index >= 15 is 0 Å². The Morgan fingerprint density at radius 2 is 2.33 bits per heavy atom. The summed E-state index contributed by atoms with van der Waals surface area (Å²) in [5.41, 5.74) is -0.856. The summed E-state index contributed by atoms with van der Waals surface area (Å²) in [4.78, 5) is 10.4. The van der Waals surface area contributed by atoms with Gasteiger partial charge in [-0.1, -0.05) is 0 Å². The molecule has 9 heavy (non-hydrogen) atoms. The number of hydrogen-bond acceptors (Lipinski definition) is 3. The van der Waals surface area contributed by atoms with Gasteiger partial charge in [0, 0.05) is 18.6 Å². The first-order chi connectivity index (χ1) is 4.21. The lowest BCUT2D eigenvalue weighted by atomic mass is 10.1. The monoisotopic (exact) mass is 148 g/mol. The molecule has 52 valence electrons. The molecular weight excluding hydrogens is 140 g/mol. The van der Waals surface area contributed by atoms with Gasteiger partial charge >= 0.3 is 5.97 Å². The van der Waals surface area contributed by atoms with Crippen LogP contribution in [0.2, 0.25) is 0 Å². The zero-order valence-electron chi connectivity index (χ0n) is 5.09. The second-order valence-electron chi connectivity index (χ2n) is 2.00. The molecule has 0 saturated carbocycles. The summed E-state index contributed by atoms with van der Waals surface area (Å²) >= 11 is 1.59. The number of aliphatic carboxylic acids is 1. The first kappa shape index (κ1) is 6.89. The van der Waals surface area contributed by atoms with Crippen molar-refractivity contribution in [2.24, 2.45) is 0 Å². The lowest BCUT2D eigenvalue weighted by molar-refractivity contribution is -0.157. The summed E-state index contributed by atoms with van der Waals surface area (Å²) < 4.78 is 4.81. The highest BCUT2D eigenvalue weighted by atomic mass is 32.2. The van der Waals surface area contributed by atoms with Gasteiger partial charge in [-0.2, -0.15) is 11.8 Å². The molecule has 0 aromatic rings. The van der Waals surface area contributed by atoms with Crippen molar-refractivity contribution in [1.29, 1.82) is 0 Å². The highest BCUT2D eigenvalue weighted by molar-refractivity contribution is 8.01. The molecule has 0 spiro atoms. The molecule has 4 heteroatoms. The molecule has 0 aromatic heterocycles. The molecule has 0 radical (unpaired) electrons. The van der Waals surface area contributed by atoms with Gasteiger partial charge < -0.3 is 9.84 Å². The van der Waals surface area contributed by atoms with Gasteiger partial charge in [-0.3, -0.25) is 0 Å². The number of thioether (sulfide) groups is 1. The summed E-state index contributed by atoms with van der Waals surface area (Å²) in [5, 5.41) is 8.55. The minimum atomic E-state index is -0.856. The van der Waals surface area contributed by atoms with Crippen molar-refractivity contribution in [3.05, 3.63) is 0 Å². The van der Waals surface area contributed by atoms with E-state index in [-0.39, 0.29) is 0 Å². The van der Waals surface area contributed by atoms with Gasteiger partial charge in [0.15, 0.2) is 5.60 Å². The number of rotatable bonds is 2. The van der Waals surface area contributed by atoms with Crippen molar-refractivity contribution < 1.29 is 14.6 Å². The first-order valence-electron chi connectivity index (χ1n) is 2.57. The molecule has 1 rings (SSSR count). The number of carbonyl (C=O) groups is 1. The fourth-order valence-electron chi connectivity index (χ4n) is 0.616. The van der Waals surface area contributed by atoms with Crippen LogP contribution < -0.4 is 0 Å². The Bertz CT molecular complexity index is 125. The predicted molar refractivity (Wildman–Crippen MR) is 34.7 cm³/mol. The predicted octanol–water partition coefficient (Wildman–Crippen LogP) is 0.203. The maximum Gasteiger partial charge on any atom is 0.337 e. The number of hydrogen-bond donors (Lipinski definition) is 1. The molecule has 1 saturated heterocycles. The topological polar surface area (TPSA) is 46.5 Å². The summed E-state index contributed by atoms with van der Waals surface area (Å²) in [6.07, 6.45) is 0. The molecule has 0 unspecified atom stereocenters. The van der Waals surface area contributed by atoms with Crippen molar-refractivity contribution in [2.75, 3.05) is 18.6 Å². The Kier molecular flexibility index (Phi) is 1.68. The van der Waals surface area contributed by atoms with E-state index in [1.807, 2.05) is 0 Å². The summed E-state index contributed by atoms with van der Waals surface area (Å²) in [6.45, 7) is 0. The van der Waals surface area contributed by atoms with Crippen LogP contribution in [-0.2, 0) is 9.53 Å². The van der Waals surface area contributed by atoms with Crippen LogP contribution in [0.3, 0.4) is 0 Å². The third-order valence-electron chi connectivity index (χ3n) is 1.45. The minimum absolute atomic E-state index is 0.582. The van der Waals surface area contributed by atoms with Crippen molar-refractivity contribution in [2.45, 2.75) is 5.60 Å². The van der Waals surface area contributed by atoms with E-state index in [4.69, 9.17) is 9.84 Å². The van der Waals surface area contributed by atoms with E-state index in [1.54, 1.807) is 11.8 Å². The molecule has 0 bridgehead atoms. The van der Waals surface area contributed by atoms with Gasteiger partial charge in [0.2, 0.25) is 0 Å². The highest BCUT2D eigenvalue weighted by Gasteiger charge is 2.45. The van der Waals surface area contributed by atoms with Crippen LogP contribution in [0.1, 0.15) is 0 Å². The van der Waals surface area contributed by atoms with Crippen LogP contribution in [0.5, 0.6) is 0 Å². The quantitative estimate of drug-likeness (QED) is 0.607. The lowest BCUT2D eigenvalue weighted by Gasteiger charge is -2.34. The molecule has 0 atom stereocenters. The molecule has 0 aromatic carbocycles. The second kappa shape index (κ2) is 2.19. The van der Waals surface area contributed by atoms with Crippen molar-refractivity contribution in [1.82, 2.24) is 0 Å². The van der Waals surface area contributed by atoms with Gasteiger partial charge in [-0.05, 0) is 0 Å². The molecule has 0 amide bonds. The average molecular weight is 148 g/mol. The summed E-state index contributed by atoms with van der Waals surface area (Å²) in [7, 11) is 1.44. The molecule has 0 aliphatic carbocycles. The van der Waals surface area contributed by atoms with Crippen LogP contribution in [0.4, 0.5) is 0 Å². The standard InChI is InChI=1S/C5H8O3S/c1-8-5(4(6)7)2-9-3-5/h2-3H2,1H3,(H,6,7). The van der Waals surface area contributed by atoms with Crippen molar-refractivity contribution >= 4 is 17.7 Å². The third kappa shape index (κ3) is 0.923. The minimum Gasteiger partial charge on any atom is -0.479 e. The number of methoxy groups -OCH3 is 1. The van der Waals surface area contributed by atoms with E-state index in [1.165, 1.54) is 7.11 Å². The van der Waals surface area contributed by atoms with E-state index in [9.17, 15) is 4.79 Å². The zero-order chi connectivity index (χ0) is 6.91. The van der Waals surface area contributed by atoms with Crippen molar-refractivity contribution in [3.63, 3.8) is 0 Å². The molecule has 1 fully saturated rings. The highest BCUT2D eigenvalue weighted by Crippen LogP contribution is 2.32. The smallest absolute Gasteiger partial charge is 0.337 e. The summed E-state index contributed by atoms with van der Waals surface area (Å²) in [6, 6.07) is 0. The van der Waals surface area contributed by atoms with Crippen LogP contribution in [0.15, 0.2) is 0 Å². The summed E-state index contributed by atoms with van der Waals surface area (Å²) in [5.74, 6) is 0.321. The Balaban J connectivity index is 2.57.